The fourth-order valence-corrected chi connectivity index (χ4v) is 5.18. The van der Waals surface area contributed by atoms with Crippen LogP contribution in [-0.2, 0) is 5.60 Å². The number of aliphatic hydroxyl groups is 1. The largest absolute Gasteiger partial charge is 0.480 e. The molecule has 5 rings (SSSR count). The van der Waals surface area contributed by atoms with Crippen molar-refractivity contribution >= 4 is 17.4 Å². The maximum absolute atomic E-state index is 14.6. The number of fused-ring (bicyclic) bond motifs is 3. The van der Waals surface area contributed by atoms with Crippen LogP contribution in [0.3, 0.4) is 0 Å². The van der Waals surface area contributed by atoms with Crippen LogP contribution in [0.25, 0.3) is 5.65 Å². The number of anilines is 2. The third-order valence-electron chi connectivity index (χ3n) is 6.84. The van der Waals surface area contributed by atoms with Crippen LogP contribution in [-0.4, -0.2) is 61.6 Å². The van der Waals surface area contributed by atoms with Crippen molar-refractivity contribution in [1.82, 2.24) is 24.6 Å². The van der Waals surface area contributed by atoms with Crippen LogP contribution in [0.2, 0.25) is 0 Å². The lowest BCUT2D eigenvalue weighted by Crippen LogP contribution is -2.48. The van der Waals surface area contributed by atoms with E-state index in [0.29, 0.717) is 30.3 Å². The molecule has 36 heavy (non-hydrogen) atoms. The Hall–Kier alpha value is -3.22. The van der Waals surface area contributed by atoms with E-state index >= 15 is 0 Å². The predicted octanol–water partition coefficient (Wildman–Crippen LogP) is 3.46. The first-order valence-corrected chi connectivity index (χ1v) is 11.7. The molecule has 1 saturated heterocycles. The van der Waals surface area contributed by atoms with Gasteiger partial charge in [-0.05, 0) is 57.6 Å². The van der Waals surface area contributed by atoms with Gasteiger partial charge in [-0.3, -0.25) is 0 Å². The second kappa shape index (κ2) is 8.71. The molecule has 2 aliphatic rings. The SMILES string of the molecule is Cc1ncnc(N2C[C@H]3CC[C@@H](C2)[C@@H]3Nc2nc3c(OCC(F)(F)F)ccc(C(C)(C)O)n3n2)c1F. The van der Waals surface area contributed by atoms with E-state index in [4.69, 9.17) is 4.74 Å². The van der Waals surface area contributed by atoms with Crippen LogP contribution in [0, 0.1) is 24.6 Å². The minimum absolute atomic E-state index is 0.00483. The number of nitrogens with zero attached hydrogens (tertiary/aromatic N) is 6. The van der Waals surface area contributed by atoms with Gasteiger partial charge in [0.15, 0.2) is 29.6 Å². The molecule has 3 atom stereocenters. The van der Waals surface area contributed by atoms with E-state index in [0.717, 1.165) is 12.8 Å². The van der Waals surface area contributed by atoms with Crippen molar-refractivity contribution < 1.29 is 27.4 Å². The van der Waals surface area contributed by atoms with Crippen LogP contribution in [0.4, 0.5) is 29.3 Å². The predicted molar refractivity (Wildman–Crippen MR) is 122 cm³/mol. The van der Waals surface area contributed by atoms with Crippen molar-refractivity contribution in [2.75, 3.05) is 29.9 Å². The molecule has 0 aromatic carbocycles. The fraction of sp³-hybridized carbons (Fsp3) is 0.565. The van der Waals surface area contributed by atoms with Gasteiger partial charge >= 0.3 is 6.18 Å². The third-order valence-corrected chi connectivity index (χ3v) is 6.84. The molecule has 0 radical (unpaired) electrons. The highest BCUT2D eigenvalue weighted by Gasteiger charge is 2.43. The first-order chi connectivity index (χ1) is 16.9. The van der Waals surface area contributed by atoms with Gasteiger partial charge in [0.2, 0.25) is 5.95 Å². The number of nitrogens with one attached hydrogen (secondary N) is 1. The summed E-state index contributed by atoms with van der Waals surface area (Å²) in [5, 5.41) is 18.4. The Bertz CT molecular complexity index is 1260. The Labute approximate surface area is 204 Å². The van der Waals surface area contributed by atoms with Crippen LogP contribution in [0.1, 0.15) is 38.1 Å². The number of pyridine rings is 1. The highest BCUT2D eigenvalue weighted by molar-refractivity contribution is 5.57. The molecule has 9 nitrogen and oxygen atoms in total. The van der Waals surface area contributed by atoms with Gasteiger partial charge in [-0.1, -0.05) is 0 Å². The number of piperidine rings is 1. The van der Waals surface area contributed by atoms with Gasteiger partial charge in [0, 0.05) is 19.1 Å². The molecule has 0 unspecified atom stereocenters. The number of alkyl halides is 3. The molecule has 2 N–H and O–H groups in total. The van der Waals surface area contributed by atoms with Crippen molar-refractivity contribution in [1.29, 1.82) is 0 Å². The smallest absolute Gasteiger partial charge is 0.422 e. The highest BCUT2D eigenvalue weighted by Crippen LogP contribution is 2.40. The standard InChI is InChI=1S/C23H27F4N7O2/c1-12-17(24)20(29-11-28-12)33-8-13-4-5-14(9-33)18(13)30-21-31-19-15(36-10-23(25,26)27)6-7-16(22(2,3)35)34(19)32-21/h6-7,11,13-14,18,35H,4-5,8-10H2,1-3H3,(H,30,32)/t13-,14+,18-. The monoisotopic (exact) mass is 509 g/mol. The molecule has 194 valence electrons. The van der Waals surface area contributed by atoms with E-state index in [1.54, 1.807) is 20.8 Å². The Kier molecular flexibility index (Phi) is 5.92. The second-order valence-electron chi connectivity index (χ2n) is 9.99. The maximum atomic E-state index is 14.6. The van der Waals surface area contributed by atoms with Crippen LogP contribution in [0.5, 0.6) is 5.75 Å². The summed E-state index contributed by atoms with van der Waals surface area (Å²) in [6, 6.07) is 2.82. The summed E-state index contributed by atoms with van der Waals surface area (Å²) < 4.78 is 59.2. The molecule has 0 amide bonds. The number of aryl methyl sites for hydroxylation is 1. The highest BCUT2D eigenvalue weighted by atomic mass is 19.4. The average Bonchev–Trinajstić information content (AvgIpc) is 3.29. The van der Waals surface area contributed by atoms with Gasteiger partial charge in [-0.25, -0.2) is 18.9 Å². The number of ether oxygens (including phenoxy) is 1. The van der Waals surface area contributed by atoms with E-state index in [9.17, 15) is 22.7 Å². The minimum Gasteiger partial charge on any atom is -0.480 e. The molecular formula is C23H27F4N7O2. The average molecular weight is 510 g/mol. The zero-order valence-electron chi connectivity index (χ0n) is 20.1. The Morgan fingerprint density at radius 2 is 1.83 bits per heavy atom. The zero-order valence-corrected chi connectivity index (χ0v) is 20.1. The zero-order chi connectivity index (χ0) is 25.8. The van der Waals surface area contributed by atoms with Gasteiger partial charge in [0.1, 0.15) is 11.9 Å². The first kappa shape index (κ1) is 24.5. The van der Waals surface area contributed by atoms with E-state index in [2.05, 4.69) is 25.4 Å². The van der Waals surface area contributed by atoms with E-state index in [1.165, 1.54) is 23.0 Å². The maximum Gasteiger partial charge on any atom is 0.422 e. The Morgan fingerprint density at radius 1 is 1.14 bits per heavy atom. The number of aromatic nitrogens is 5. The van der Waals surface area contributed by atoms with Crippen molar-refractivity contribution in [3.8, 4) is 5.75 Å². The molecule has 2 fully saturated rings. The van der Waals surface area contributed by atoms with Gasteiger partial charge in [0.25, 0.3) is 0 Å². The van der Waals surface area contributed by atoms with Gasteiger partial charge in [-0.2, -0.15) is 18.2 Å². The Balaban J connectivity index is 1.41. The molecule has 1 saturated carbocycles. The molecule has 0 spiro atoms. The van der Waals surface area contributed by atoms with E-state index in [1.807, 2.05) is 4.90 Å². The molecule has 13 heteroatoms. The molecule has 3 aromatic heterocycles. The van der Waals surface area contributed by atoms with Crippen molar-refractivity contribution in [2.45, 2.75) is 51.4 Å². The summed E-state index contributed by atoms with van der Waals surface area (Å²) in [7, 11) is 0. The fourth-order valence-electron chi connectivity index (χ4n) is 5.18. The first-order valence-electron chi connectivity index (χ1n) is 11.7. The van der Waals surface area contributed by atoms with Crippen LogP contribution >= 0.6 is 0 Å². The number of halogens is 4. The van der Waals surface area contributed by atoms with Crippen molar-refractivity contribution in [3.05, 3.63) is 35.7 Å². The van der Waals surface area contributed by atoms with E-state index in [-0.39, 0.29) is 35.2 Å². The number of hydrogen-bond donors (Lipinski definition) is 2. The van der Waals surface area contributed by atoms with E-state index < -0.39 is 24.2 Å². The van der Waals surface area contributed by atoms with Gasteiger partial charge < -0.3 is 20.1 Å². The molecule has 2 bridgehead atoms. The summed E-state index contributed by atoms with van der Waals surface area (Å²) in [5.41, 5.74) is -0.599. The molecule has 1 aliphatic carbocycles. The third kappa shape index (κ3) is 4.63. The topological polar surface area (TPSA) is 101 Å². The van der Waals surface area contributed by atoms with Crippen LogP contribution < -0.4 is 15.0 Å². The molecule has 1 aliphatic heterocycles. The lowest BCUT2D eigenvalue weighted by atomic mass is 9.92. The van der Waals surface area contributed by atoms with Gasteiger partial charge in [-0.15, -0.1) is 5.10 Å². The second-order valence-corrected chi connectivity index (χ2v) is 9.99. The molecule has 4 heterocycles. The summed E-state index contributed by atoms with van der Waals surface area (Å²) >= 11 is 0. The van der Waals surface area contributed by atoms with Crippen LogP contribution in [0.15, 0.2) is 18.5 Å². The lowest BCUT2D eigenvalue weighted by Gasteiger charge is -2.38. The summed E-state index contributed by atoms with van der Waals surface area (Å²) in [6.45, 7) is 4.41. The number of rotatable bonds is 6. The van der Waals surface area contributed by atoms with Gasteiger partial charge in [0.05, 0.1) is 11.4 Å². The summed E-state index contributed by atoms with van der Waals surface area (Å²) in [5.74, 6) is 0.344. The van der Waals surface area contributed by atoms with Crippen molar-refractivity contribution in [3.63, 3.8) is 0 Å². The molecule has 3 aromatic rings. The quantitative estimate of drug-likeness (QED) is 0.488. The number of hydrogen-bond acceptors (Lipinski definition) is 8. The summed E-state index contributed by atoms with van der Waals surface area (Å²) in [4.78, 5) is 14.4. The van der Waals surface area contributed by atoms with Crippen molar-refractivity contribution in [2.24, 2.45) is 11.8 Å². The lowest BCUT2D eigenvalue weighted by molar-refractivity contribution is -0.153. The Morgan fingerprint density at radius 3 is 2.47 bits per heavy atom. The normalized spacial score (nSPS) is 22.3. The molecular weight excluding hydrogens is 482 g/mol. The summed E-state index contributed by atoms with van der Waals surface area (Å²) in [6.07, 6.45) is -1.30. The minimum atomic E-state index is -4.51.